The molecule has 5 heteroatoms. The van der Waals surface area contributed by atoms with Crippen LogP contribution in [0, 0.1) is 0 Å². The Hall–Kier alpha value is -2.27. The molecule has 1 N–H and O–H groups in total. The Morgan fingerprint density at radius 1 is 1.21 bits per heavy atom. The Balaban J connectivity index is 1.71. The normalized spacial score (nSPS) is 12.8. The van der Waals surface area contributed by atoms with E-state index in [0.29, 0.717) is 0 Å². The molecular formula is C19H18BrN3O. The minimum atomic E-state index is 0.810. The summed E-state index contributed by atoms with van der Waals surface area (Å²) in [7, 11) is 1.70. The van der Waals surface area contributed by atoms with E-state index in [2.05, 4.69) is 45.5 Å². The number of methoxy groups -OCH3 is 1. The second-order valence-corrected chi connectivity index (χ2v) is 6.78. The molecule has 0 unspecified atom stereocenters. The zero-order valence-electron chi connectivity index (χ0n) is 13.4. The average Bonchev–Trinajstić information content (AvgIpc) is 3.20. The molecule has 2 heterocycles. The second-order valence-electron chi connectivity index (χ2n) is 5.87. The van der Waals surface area contributed by atoms with E-state index in [0.717, 1.165) is 46.8 Å². The Kier molecular flexibility index (Phi) is 4.02. The fourth-order valence-electron chi connectivity index (χ4n) is 3.13. The molecule has 4 rings (SSSR count). The van der Waals surface area contributed by atoms with Gasteiger partial charge >= 0.3 is 0 Å². The minimum absolute atomic E-state index is 0.810. The maximum atomic E-state index is 5.33. The summed E-state index contributed by atoms with van der Waals surface area (Å²) in [6.45, 7) is 0.967. The molecule has 0 bridgehead atoms. The molecule has 0 fully saturated rings. The highest BCUT2D eigenvalue weighted by Crippen LogP contribution is 2.30. The number of hydrogen-bond donors (Lipinski definition) is 1. The highest BCUT2D eigenvalue weighted by atomic mass is 79.9. The zero-order chi connectivity index (χ0) is 16.5. The molecule has 1 aliphatic rings. The molecule has 24 heavy (non-hydrogen) atoms. The lowest BCUT2D eigenvalue weighted by Crippen LogP contribution is -2.05. The van der Waals surface area contributed by atoms with Gasteiger partial charge in [0.2, 0.25) is 0 Å². The van der Waals surface area contributed by atoms with Crippen LogP contribution in [0.4, 0.5) is 5.82 Å². The first kappa shape index (κ1) is 15.3. The summed E-state index contributed by atoms with van der Waals surface area (Å²) in [5.74, 6) is 2.00. The molecule has 0 saturated heterocycles. The second kappa shape index (κ2) is 6.32. The molecule has 2 aromatic carbocycles. The van der Waals surface area contributed by atoms with Gasteiger partial charge in [0.25, 0.3) is 0 Å². The Bertz CT molecular complexity index is 871. The summed E-state index contributed by atoms with van der Waals surface area (Å²) >= 11 is 3.49. The van der Waals surface area contributed by atoms with Crippen molar-refractivity contribution in [3.8, 4) is 11.4 Å². The van der Waals surface area contributed by atoms with Crippen LogP contribution in [-0.2, 0) is 12.8 Å². The molecule has 4 nitrogen and oxygen atoms in total. The topological polar surface area (TPSA) is 39.1 Å². The van der Waals surface area contributed by atoms with Crippen LogP contribution in [0.25, 0.3) is 5.69 Å². The largest absolute Gasteiger partial charge is 0.497 e. The predicted molar refractivity (Wildman–Crippen MR) is 99.3 cm³/mol. The summed E-state index contributed by atoms with van der Waals surface area (Å²) in [6, 6.07) is 16.4. The van der Waals surface area contributed by atoms with Crippen LogP contribution in [0.15, 0.2) is 53.0 Å². The van der Waals surface area contributed by atoms with E-state index in [1.54, 1.807) is 7.11 Å². The first-order valence-electron chi connectivity index (χ1n) is 7.98. The number of fused-ring (bicyclic) bond motifs is 1. The van der Waals surface area contributed by atoms with Gasteiger partial charge in [-0.15, -0.1) is 0 Å². The number of halogens is 1. The van der Waals surface area contributed by atoms with Gasteiger partial charge in [0.05, 0.1) is 18.5 Å². The molecule has 1 aliphatic heterocycles. The molecule has 3 aromatic rings. The lowest BCUT2D eigenvalue weighted by Gasteiger charge is -2.06. The fourth-order valence-corrected chi connectivity index (χ4v) is 3.40. The van der Waals surface area contributed by atoms with E-state index in [9.17, 15) is 0 Å². The summed E-state index contributed by atoms with van der Waals surface area (Å²) in [6.07, 6.45) is 1.83. The number of ether oxygens (including phenoxy) is 1. The zero-order valence-corrected chi connectivity index (χ0v) is 15.0. The van der Waals surface area contributed by atoms with Crippen LogP contribution in [-0.4, -0.2) is 23.4 Å². The maximum Gasteiger partial charge on any atom is 0.133 e. The number of rotatable bonds is 4. The molecule has 0 radical (unpaired) electrons. The van der Waals surface area contributed by atoms with E-state index in [1.165, 1.54) is 11.1 Å². The number of aromatic nitrogens is 2. The lowest BCUT2D eigenvalue weighted by atomic mass is 10.1. The third-order valence-electron chi connectivity index (χ3n) is 4.31. The molecule has 0 amide bonds. The number of anilines is 1. The molecule has 0 saturated carbocycles. The van der Waals surface area contributed by atoms with E-state index in [4.69, 9.17) is 9.84 Å². The monoisotopic (exact) mass is 383 g/mol. The Morgan fingerprint density at radius 2 is 2.04 bits per heavy atom. The highest BCUT2D eigenvalue weighted by Gasteiger charge is 2.23. The smallest absolute Gasteiger partial charge is 0.133 e. The Labute approximate surface area is 149 Å². The van der Waals surface area contributed by atoms with Crippen molar-refractivity contribution >= 4 is 21.7 Å². The van der Waals surface area contributed by atoms with Crippen LogP contribution < -0.4 is 10.1 Å². The quantitative estimate of drug-likeness (QED) is 0.733. The first-order chi connectivity index (χ1) is 11.7. The predicted octanol–water partition coefficient (Wildman–Crippen LogP) is 4.20. The van der Waals surface area contributed by atoms with Crippen molar-refractivity contribution in [1.82, 2.24) is 9.78 Å². The van der Waals surface area contributed by atoms with Gasteiger partial charge in [-0.25, -0.2) is 4.68 Å². The van der Waals surface area contributed by atoms with Crippen molar-refractivity contribution in [2.45, 2.75) is 12.8 Å². The maximum absolute atomic E-state index is 5.33. The third-order valence-corrected chi connectivity index (χ3v) is 4.84. The molecule has 122 valence electrons. The summed E-state index contributed by atoms with van der Waals surface area (Å²) in [5.41, 5.74) is 4.73. The fraction of sp³-hybridized carbons (Fsp3) is 0.211. The van der Waals surface area contributed by atoms with Gasteiger partial charge < -0.3 is 10.1 Å². The van der Waals surface area contributed by atoms with Crippen molar-refractivity contribution in [3.63, 3.8) is 0 Å². The lowest BCUT2D eigenvalue weighted by molar-refractivity contribution is 0.414. The standard InChI is InChI=1S/C19H18BrN3O/c1-24-16-4-2-3-13(11-16)12-18-17-9-10-21-19(17)23(22-18)15-7-5-14(20)6-8-15/h2-8,11,21H,9-10,12H2,1H3. The SMILES string of the molecule is COc1cccc(Cc2nn(-c3ccc(Br)cc3)c3c2CCN3)c1. The molecule has 0 aliphatic carbocycles. The number of nitrogens with one attached hydrogen (secondary N) is 1. The van der Waals surface area contributed by atoms with Gasteiger partial charge in [-0.3, -0.25) is 0 Å². The van der Waals surface area contributed by atoms with Crippen LogP contribution >= 0.6 is 15.9 Å². The summed E-state index contributed by atoms with van der Waals surface area (Å²) < 4.78 is 8.42. The first-order valence-corrected chi connectivity index (χ1v) is 8.77. The highest BCUT2D eigenvalue weighted by molar-refractivity contribution is 9.10. The van der Waals surface area contributed by atoms with E-state index < -0.39 is 0 Å². The van der Waals surface area contributed by atoms with Gasteiger partial charge in [0, 0.05) is 23.0 Å². The van der Waals surface area contributed by atoms with Crippen molar-refractivity contribution in [2.24, 2.45) is 0 Å². The van der Waals surface area contributed by atoms with Crippen molar-refractivity contribution < 1.29 is 4.74 Å². The van der Waals surface area contributed by atoms with Crippen LogP contribution in [0.5, 0.6) is 5.75 Å². The van der Waals surface area contributed by atoms with E-state index in [-0.39, 0.29) is 0 Å². The van der Waals surface area contributed by atoms with Gasteiger partial charge in [-0.2, -0.15) is 5.10 Å². The van der Waals surface area contributed by atoms with Gasteiger partial charge in [-0.05, 0) is 48.4 Å². The molecule has 0 spiro atoms. The summed E-state index contributed by atoms with van der Waals surface area (Å²) in [5, 5.41) is 8.36. The molecule has 1 aromatic heterocycles. The van der Waals surface area contributed by atoms with E-state index >= 15 is 0 Å². The molecular weight excluding hydrogens is 366 g/mol. The van der Waals surface area contributed by atoms with Gasteiger partial charge in [-0.1, -0.05) is 28.1 Å². The Morgan fingerprint density at radius 3 is 2.83 bits per heavy atom. The van der Waals surface area contributed by atoms with E-state index in [1.807, 2.05) is 28.9 Å². The average molecular weight is 384 g/mol. The van der Waals surface area contributed by atoms with Crippen molar-refractivity contribution in [1.29, 1.82) is 0 Å². The minimum Gasteiger partial charge on any atom is -0.497 e. The van der Waals surface area contributed by atoms with Crippen molar-refractivity contribution in [2.75, 3.05) is 19.0 Å². The molecule has 0 atom stereocenters. The third kappa shape index (κ3) is 2.80. The van der Waals surface area contributed by atoms with Crippen LogP contribution in [0.2, 0.25) is 0 Å². The van der Waals surface area contributed by atoms with Crippen molar-refractivity contribution in [3.05, 3.63) is 69.8 Å². The van der Waals surface area contributed by atoms with Gasteiger partial charge in [0.1, 0.15) is 11.6 Å². The van der Waals surface area contributed by atoms with Crippen LogP contribution in [0.1, 0.15) is 16.8 Å². The van der Waals surface area contributed by atoms with Crippen LogP contribution in [0.3, 0.4) is 0 Å². The number of nitrogens with zero attached hydrogens (tertiary/aromatic N) is 2. The van der Waals surface area contributed by atoms with Gasteiger partial charge in [0.15, 0.2) is 0 Å². The summed E-state index contributed by atoms with van der Waals surface area (Å²) in [4.78, 5) is 0. The number of hydrogen-bond acceptors (Lipinski definition) is 3. The number of benzene rings is 2.